The minimum atomic E-state index is 0.263. The van der Waals surface area contributed by atoms with E-state index in [1.807, 2.05) is 25.7 Å². The fourth-order valence-corrected chi connectivity index (χ4v) is 1.07. The van der Waals surface area contributed by atoms with Crippen molar-refractivity contribution in [3.8, 4) is 0 Å². The maximum absolute atomic E-state index is 11.5. The van der Waals surface area contributed by atoms with Gasteiger partial charge in [0.2, 0.25) is 5.91 Å². The Morgan fingerprint density at radius 3 is 2.00 bits per heavy atom. The predicted octanol–water partition coefficient (Wildman–Crippen LogP) is 2.25. The van der Waals surface area contributed by atoms with Crippen LogP contribution in [0.2, 0.25) is 0 Å². The Morgan fingerprint density at radius 2 is 1.67 bits per heavy atom. The van der Waals surface area contributed by atoms with Gasteiger partial charge >= 0.3 is 0 Å². The Labute approximate surface area is 75.9 Å². The van der Waals surface area contributed by atoms with E-state index in [0.717, 1.165) is 19.5 Å². The molecule has 2 heteroatoms. The van der Waals surface area contributed by atoms with E-state index in [9.17, 15) is 4.79 Å². The molecule has 71 valence electrons. The topological polar surface area (TPSA) is 20.3 Å². The molecule has 12 heavy (non-hydrogen) atoms. The maximum atomic E-state index is 11.5. The molecule has 0 aromatic heterocycles. The molecule has 0 heterocycles. The van der Waals surface area contributed by atoms with Crippen LogP contribution in [0.1, 0.15) is 40.5 Å². The van der Waals surface area contributed by atoms with Gasteiger partial charge in [-0.25, -0.2) is 0 Å². The van der Waals surface area contributed by atoms with Crippen LogP contribution in [0, 0.1) is 5.92 Å². The number of amides is 1. The van der Waals surface area contributed by atoms with Crippen molar-refractivity contribution in [1.82, 2.24) is 4.90 Å². The van der Waals surface area contributed by atoms with Crippen molar-refractivity contribution < 1.29 is 4.79 Å². The maximum Gasteiger partial charge on any atom is 0.223 e. The quantitative estimate of drug-likeness (QED) is 0.619. The highest BCUT2D eigenvalue weighted by molar-refractivity contribution is 5.77. The molecule has 0 N–H and O–H groups in total. The second kappa shape index (κ2) is 6.04. The lowest BCUT2D eigenvalue weighted by Gasteiger charge is -2.20. The van der Waals surface area contributed by atoms with Gasteiger partial charge in [0.1, 0.15) is 0 Å². The van der Waals surface area contributed by atoms with E-state index in [1.165, 1.54) is 5.92 Å². The van der Waals surface area contributed by atoms with E-state index in [-0.39, 0.29) is 5.91 Å². The standard InChI is InChI=1S/C10H20NO/c1-5-9(4)8-10(12)11(6-2)7-3/h5-8H2,1-4H3. The van der Waals surface area contributed by atoms with E-state index >= 15 is 0 Å². The summed E-state index contributed by atoms with van der Waals surface area (Å²) in [6, 6.07) is 0. The molecular weight excluding hydrogens is 150 g/mol. The van der Waals surface area contributed by atoms with Crippen molar-refractivity contribution >= 4 is 5.91 Å². The minimum absolute atomic E-state index is 0.263. The first kappa shape index (κ1) is 11.5. The lowest BCUT2D eigenvalue weighted by molar-refractivity contribution is -0.130. The van der Waals surface area contributed by atoms with Crippen LogP contribution < -0.4 is 0 Å². The summed E-state index contributed by atoms with van der Waals surface area (Å²) in [5.74, 6) is 1.53. The number of nitrogens with zero attached hydrogens (tertiary/aromatic N) is 1. The van der Waals surface area contributed by atoms with Crippen molar-refractivity contribution in [2.75, 3.05) is 13.1 Å². The molecule has 0 saturated heterocycles. The molecule has 0 fully saturated rings. The summed E-state index contributed by atoms with van der Waals surface area (Å²) in [6.07, 6.45) is 1.63. The molecule has 0 bridgehead atoms. The number of rotatable bonds is 5. The van der Waals surface area contributed by atoms with Gasteiger partial charge in [0, 0.05) is 19.5 Å². The molecule has 0 aliphatic heterocycles. The molecule has 2 nitrogen and oxygen atoms in total. The van der Waals surface area contributed by atoms with E-state index in [4.69, 9.17) is 0 Å². The summed E-state index contributed by atoms with van der Waals surface area (Å²) in [5, 5.41) is 0. The highest BCUT2D eigenvalue weighted by atomic mass is 16.2. The minimum Gasteiger partial charge on any atom is -0.343 e. The van der Waals surface area contributed by atoms with Crippen molar-refractivity contribution in [3.63, 3.8) is 0 Å². The number of carbonyl (C=O) groups is 1. The van der Waals surface area contributed by atoms with Gasteiger partial charge < -0.3 is 4.90 Å². The lowest BCUT2D eigenvalue weighted by atomic mass is 10.0. The first-order valence-electron chi connectivity index (χ1n) is 4.74. The van der Waals surface area contributed by atoms with E-state index < -0.39 is 0 Å². The van der Waals surface area contributed by atoms with Crippen LogP contribution in [0.5, 0.6) is 0 Å². The summed E-state index contributed by atoms with van der Waals surface area (Å²) < 4.78 is 0. The molecule has 0 saturated carbocycles. The molecule has 1 amide bonds. The summed E-state index contributed by atoms with van der Waals surface area (Å²) in [4.78, 5) is 13.4. The highest BCUT2D eigenvalue weighted by Crippen LogP contribution is 2.10. The van der Waals surface area contributed by atoms with Gasteiger partial charge in [0.25, 0.3) is 0 Å². The third-order valence-electron chi connectivity index (χ3n) is 2.17. The molecular formula is C10H20NO. The summed E-state index contributed by atoms with van der Waals surface area (Å²) >= 11 is 0. The molecule has 0 rings (SSSR count). The van der Waals surface area contributed by atoms with Gasteiger partial charge in [-0.05, 0) is 26.2 Å². The molecule has 0 aliphatic carbocycles. The number of carbonyl (C=O) groups excluding carboxylic acids is 1. The molecule has 0 aromatic carbocycles. The van der Waals surface area contributed by atoms with Crippen LogP contribution in [-0.4, -0.2) is 23.9 Å². The zero-order valence-electron chi connectivity index (χ0n) is 8.68. The van der Waals surface area contributed by atoms with Gasteiger partial charge in [-0.1, -0.05) is 13.8 Å². The molecule has 0 aliphatic rings. The predicted molar refractivity (Wildman–Crippen MR) is 51.8 cm³/mol. The Balaban J connectivity index is 3.84. The van der Waals surface area contributed by atoms with E-state index in [2.05, 4.69) is 6.92 Å². The zero-order valence-corrected chi connectivity index (χ0v) is 8.68. The summed E-state index contributed by atoms with van der Waals surface area (Å²) in [7, 11) is 0. The fourth-order valence-electron chi connectivity index (χ4n) is 1.07. The smallest absolute Gasteiger partial charge is 0.223 e. The Bertz CT molecular complexity index is 130. The Morgan fingerprint density at radius 1 is 1.17 bits per heavy atom. The molecule has 0 unspecified atom stereocenters. The van der Waals surface area contributed by atoms with E-state index in [1.54, 1.807) is 0 Å². The van der Waals surface area contributed by atoms with Gasteiger partial charge in [-0.2, -0.15) is 0 Å². The monoisotopic (exact) mass is 170 g/mol. The Kier molecular flexibility index (Phi) is 5.77. The summed E-state index contributed by atoms with van der Waals surface area (Å²) in [5.41, 5.74) is 0. The first-order valence-corrected chi connectivity index (χ1v) is 4.74. The van der Waals surface area contributed by atoms with Crippen LogP contribution >= 0.6 is 0 Å². The van der Waals surface area contributed by atoms with Crippen molar-refractivity contribution in [2.45, 2.75) is 40.5 Å². The number of hydrogen-bond acceptors (Lipinski definition) is 1. The second-order valence-electron chi connectivity index (χ2n) is 3.05. The zero-order chi connectivity index (χ0) is 9.56. The SMILES string of the molecule is CC[C](C)CC(=O)N(CC)CC. The van der Waals surface area contributed by atoms with Gasteiger partial charge in [-0.15, -0.1) is 0 Å². The average Bonchev–Trinajstić information content (AvgIpc) is 2.06. The fraction of sp³-hybridized carbons (Fsp3) is 0.800. The lowest BCUT2D eigenvalue weighted by Crippen LogP contribution is -2.31. The summed E-state index contributed by atoms with van der Waals surface area (Å²) in [6.45, 7) is 9.82. The normalized spacial score (nSPS) is 10.4. The third-order valence-corrected chi connectivity index (χ3v) is 2.17. The molecule has 0 atom stereocenters. The first-order chi connectivity index (χ1) is 5.65. The van der Waals surface area contributed by atoms with Crippen LogP contribution in [0.4, 0.5) is 0 Å². The largest absolute Gasteiger partial charge is 0.343 e. The molecule has 0 aromatic rings. The van der Waals surface area contributed by atoms with Crippen LogP contribution in [0.25, 0.3) is 0 Å². The highest BCUT2D eigenvalue weighted by Gasteiger charge is 2.12. The second-order valence-corrected chi connectivity index (χ2v) is 3.05. The van der Waals surface area contributed by atoms with Gasteiger partial charge in [0.15, 0.2) is 0 Å². The average molecular weight is 170 g/mol. The van der Waals surface area contributed by atoms with Gasteiger partial charge in [0.05, 0.1) is 0 Å². The van der Waals surface area contributed by atoms with Gasteiger partial charge in [-0.3, -0.25) is 4.79 Å². The Hall–Kier alpha value is -0.530. The van der Waals surface area contributed by atoms with E-state index in [0.29, 0.717) is 6.42 Å². The van der Waals surface area contributed by atoms with Crippen LogP contribution in [-0.2, 0) is 4.79 Å². The van der Waals surface area contributed by atoms with Crippen molar-refractivity contribution in [3.05, 3.63) is 5.92 Å². The van der Waals surface area contributed by atoms with Crippen LogP contribution in [0.3, 0.4) is 0 Å². The van der Waals surface area contributed by atoms with Crippen molar-refractivity contribution in [1.29, 1.82) is 0 Å². The van der Waals surface area contributed by atoms with Crippen molar-refractivity contribution in [2.24, 2.45) is 0 Å². The molecule has 1 radical (unpaired) electrons. The number of hydrogen-bond donors (Lipinski definition) is 0. The third kappa shape index (κ3) is 3.74. The van der Waals surface area contributed by atoms with Crippen LogP contribution in [0.15, 0.2) is 0 Å². The molecule has 0 spiro atoms.